The average Bonchev–Trinajstić information content (AvgIpc) is 3.62. The molecule has 0 atom stereocenters. The molecule has 2 aliphatic rings. The van der Waals surface area contributed by atoms with Gasteiger partial charge < -0.3 is 24.4 Å². The Hall–Kier alpha value is -3.06. The number of carbonyl (C=O) groups excluding carboxylic acids is 2. The Morgan fingerprint density at radius 3 is 2.60 bits per heavy atom. The Labute approximate surface area is 175 Å². The van der Waals surface area contributed by atoms with E-state index >= 15 is 0 Å². The summed E-state index contributed by atoms with van der Waals surface area (Å²) in [6, 6.07) is 12.1. The summed E-state index contributed by atoms with van der Waals surface area (Å²) < 4.78 is 16.5. The average molecular weight is 410 g/mol. The molecule has 1 aliphatic carbocycles. The summed E-state index contributed by atoms with van der Waals surface area (Å²) in [5, 5.41) is 2.87. The van der Waals surface area contributed by atoms with Gasteiger partial charge in [-0.1, -0.05) is 6.07 Å². The Balaban J connectivity index is 1.45. The van der Waals surface area contributed by atoms with E-state index in [1.807, 2.05) is 0 Å². The van der Waals surface area contributed by atoms with Crippen LogP contribution >= 0.6 is 0 Å². The molecule has 2 aromatic rings. The van der Waals surface area contributed by atoms with Gasteiger partial charge in [0.05, 0.1) is 26.9 Å². The highest BCUT2D eigenvalue weighted by atomic mass is 16.5. The quantitative estimate of drug-likeness (QED) is 0.759. The third-order valence-corrected chi connectivity index (χ3v) is 5.26. The van der Waals surface area contributed by atoms with Crippen molar-refractivity contribution in [2.75, 3.05) is 45.3 Å². The van der Waals surface area contributed by atoms with Crippen molar-refractivity contribution in [1.82, 2.24) is 4.90 Å². The Morgan fingerprint density at radius 1 is 1.07 bits per heavy atom. The lowest BCUT2D eigenvalue weighted by molar-refractivity contribution is 0.0303. The number of nitrogens with one attached hydrogen (secondary N) is 1. The largest absolute Gasteiger partial charge is 0.493 e. The maximum atomic E-state index is 12.8. The monoisotopic (exact) mass is 410 g/mol. The van der Waals surface area contributed by atoms with Crippen LogP contribution in [0.1, 0.15) is 33.6 Å². The van der Waals surface area contributed by atoms with E-state index in [0.717, 1.165) is 0 Å². The number of hydrogen-bond acceptors (Lipinski definition) is 5. The molecule has 7 heteroatoms. The van der Waals surface area contributed by atoms with Crippen molar-refractivity contribution in [2.24, 2.45) is 5.92 Å². The van der Waals surface area contributed by atoms with Crippen molar-refractivity contribution in [3.8, 4) is 11.5 Å². The molecule has 158 valence electrons. The number of amides is 2. The van der Waals surface area contributed by atoms with Crippen molar-refractivity contribution in [3.63, 3.8) is 0 Å². The number of benzene rings is 2. The molecule has 0 aromatic heterocycles. The summed E-state index contributed by atoms with van der Waals surface area (Å²) in [7, 11) is 1.58. The van der Waals surface area contributed by atoms with Crippen LogP contribution in [0.3, 0.4) is 0 Å². The molecule has 1 N–H and O–H groups in total. The number of methoxy groups -OCH3 is 1. The summed E-state index contributed by atoms with van der Waals surface area (Å²) >= 11 is 0. The molecule has 30 heavy (non-hydrogen) atoms. The summed E-state index contributed by atoms with van der Waals surface area (Å²) in [4.78, 5) is 27.2. The summed E-state index contributed by atoms with van der Waals surface area (Å²) in [6.07, 6.45) is 2.37. The van der Waals surface area contributed by atoms with Gasteiger partial charge in [-0.15, -0.1) is 0 Å². The van der Waals surface area contributed by atoms with Gasteiger partial charge in [-0.3, -0.25) is 9.59 Å². The SMILES string of the molecule is COc1ccc(C(=O)Nc2cccc(C(=O)N3CCOCC3)c2)cc1OCC1CC1. The molecule has 1 saturated carbocycles. The third-order valence-electron chi connectivity index (χ3n) is 5.26. The van der Waals surface area contributed by atoms with Crippen LogP contribution in [-0.4, -0.2) is 56.7 Å². The minimum Gasteiger partial charge on any atom is -0.493 e. The molecule has 0 radical (unpaired) electrons. The van der Waals surface area contributed by atoms with Gasteiger partial charge in [0.1, 0.15) is 0 Å². The fourth-order valence-electron chi connectivity index (χ4n) is 3.31. The Morgan fingerprint density at radius 2 is 1.87 bits per heavy atom. The van der Waals surface area contributed by atoms with Crippen LogP contribution in [0.5, 0.6) is 11.5 Å². The van der Waals surface area contributed by atoms with Crippen LogP contribution in [0.15, 0.2) is 42.5 Å². The van der Waals surface area contributed by atoms with Crippen molar-refractivity contribution < 1.29 is 23.8 Å². The maximum absolute atomic E-state index is 12.8. The third kappa shape index (κ3) is 4.91. The number of nitrogens with zero attached hydrogens (tertiary/aromatic N) is 1. The number of carbonyl (C=O) groups is 2. The molecular formula is C23H26N2O5. The van der Waals surface area contributed by atoms with E-state index in [4.69, 9.17) is 14.2 Å². The van der Waals surface area contributed by atoms with Gasteiger partial charge >= 0.3 is 0 Å². The van der Waals surface area contributed by atoms with E-state index in [1.54, 1.807) is 54.5 Å². The van der Waals surface area contributed by atoms with Gasteiger partial charge in [0.25, 0.3) is 11.8 Å². The predicted octanol–water partition coefficient (Wildman–Crippen LogP) is 3.21. The zero-order chi connectivity index (χ0) is 20.9. The highest BCUT2D eigenvalue weighted by Gasteiger charge is 2.23. The lowest BCUT2D eigenvalue weighted by Gasteiger charge is -2.27. The van der Waals surface area contributed by atoms with E-state index in [2.05, 4.69) is 5.32 Å². The summed E-state index contributed by atoms with van der Waals surface area (Å²) in [5.74, 6) is 1.43. The number of anilines is 1. The maximum Gasteiger partial charge on any atom is 0.255 e. The standard InChI is InChI=1S/C23H26N2O5/c1-28-20-8-7-17(14-21(20)30-15-16-5-6-16)22(26)24-19-4-2-3-18(13-19)23(27)25-9-11-29-12-10-25/h2-4,7-8,13-14,16H,5-6,9-12,15H2,1H3,(H,24,26). The number of hydrogen-bond donors (Lipinski definition) is 1. The minimum absolute atomic E-state index is 0.0605. The van der Waals surface area contributed by atoms with Crippen LogP contribution in [0.4, 0.5) is 5.69 Å². The molecule has 2 fully saturated rings. The van der Waals surface area contributed by atoms with E-state index in [9.17, 15) is 9.59 Å². The van der Waals surface area contributed by atoms with Gasteiger partial charge in [-0.05, 0) is 55.2 Å². The predicted molar refractivity (Wildman–Crippen MR) is 112 cm³/mol. The van der Waals surface area contributed by atoms with Crippen molar-refractivity contribution in [3.05, 3.63) is 53.6 Å². The lowest BCUT2D eigenvalue weighted by Crippen LogP contribution is -2.40. The van der Waals surface area contributed by atoms with Gasteiger partial charge in [-0.2, -0.15) is 0 Å². The molecule has 2 amide bonds. The Kier molecular flexibility index (Phi) is 6.18. The van der Waals surface area contributed by atoms with Crippen LogP contribution in [0, 0.1) is 5.92 Å². The van der Waals surface area contributed by atoms with Crippen LogP contribution in [0.25, 0.3) is 0 Å². The fraction of sp³-hybridized carbons (Fsp3) is 0.391. The van der Waals surface area contributed by atoms with Crippen LogP contribution in [0.2, 0.25) is 0 Å². The molecule has 0 unspecified atom stereocenters. The first-order chi connectivity index (χ1) is 14.6. The van der Waals surface area contributed by atoms with Crippen molar-refractivity contribution >= 4 is 17.5 Å². The van der Waals surface area contributed by atoms with Gasteiger partial charge in [-0.25, -0.2) is 0 Å². The molecule has 1 heterocycles. The van der Waals surface area contributed by atoms with Gasteiger partial charge in [0, 0.05) is 29.9 Å². The molecule has 1 saturated heterocycles. The summed E-state index contributed by atoms with van der Waals surface area (Å²) in [6.45, 7) is 2.87. The highest BCUT2D eigenvalue weighted by molar-refractivity contribution is 6.05. The van der Waals surface area contributed by atoms with Crippen molar-refractivity contribution in [2.45, 2.75) is 12.8 Å². The molecule has 7 nitrogen and oxygen atoms in total. The Bertz CT molecular complexity index is 920. The summed E-state index contributed by atoms with van der Waals surface area (Å²) in [5.41, 5.74) is 1.57. The molecule has 2 aromatic carbocycles. The zero-order valence-corrected chi connectivity index (χ0v) is 17.1. The van der Waals surface area contributed by atoms with Gasteiger partial charge in [0.2, 0.25) is 0 Å². The molecular weight excluding hydrogens is 384 g/mol. The van der Waals surface area contributed by atoms with Gasteiger partial charge in [0.15, 0.2) is 11.5 Å². The second-order valence-corrected chi connectivity index (χ2v) is 7.56. The molecule has 1 aliphatic heterocycles. The van der Waals surface area contributed by atoms with Crippen molar-refractivity contribution in [1.29, 1.82) is 0 Å². The highest BCUT2D eigenvalue weighted by Crippen LogP contribution is 2.33. The normalized spacial score (nSPS) is 16.1. The van der Waals surface area contributed by atoms with E-state index < -0.39 is 0 Å². The smallest absolute Gasteiger partial charge is 0.255 e. The second kappa shape index (κ2) is 9.17. The van der Waals surface area contributed by atoms with E-state index in [-0.39, 0.29) is 11.8 Å². The lowest BCUT2D eigenvalue weighted by atomic mass is 10.1. The first-order valence-electron chi connectivity index (χ1n) is 10.2. The molecule has 0 spiro atoms. The first kappa shape index (κ1) is 20.2. The minimum atomic E-state index is -0.273. The zero-order valence-electron chi connectivity index (χ0n) is 17.1. The molecule has 4 rings (SSSR count). The van der Waals surface area contributed by atoms with E-state index in [0.29, 0.717) is 67.1 Å². The number of morpholine rings is 1. The number of ether oxygens (including phenoxy) is 3. The second-order valence-electron chi connectivity index (χ2n) is 7.56. The number of rotatable bonds is 7. The van der Waals surface area contributed by atoms with E-state index in [1.165, 1.54) is 12.8 Å². The molecule has 0 bridgehead atoms. The van der Waals surface area contributed by atoms with Crippen LogP contribution < -0.4 is 14.8 Å². The van der Waals surface area contributed by atoms with Crippen LogP contribution in [-0.2, 0) is 4.74 Å². The first-order valence-corrected chi connectivity index (χ1v) is 10.2. The topological polar surface area (TPSA) is 77.1 Å². The fourth-order valence-corrected chi connectivity index (χ4v) is 3.31.